The van der Waals surface area contributed by atoms with E-state index in [1.807, 2.05) is 0 Å². The van der Waals surface area contributed by atoms with Crippen LogP contribution in [0.5, 0.6) is 0 Å². The number of aliphatic carboxylic acids is 2. The first kappa shape index (κ1) is 65.0. The Balaban J connectivity index is -0.00000271. The van der Waals surface area contributed by atoms with E-state index in [4.69, 9.17) is 14.2 Å². The number of alkyl carbamates (subject to hydrolysis) is 2. The third-order valence-corrected chi connectivity index (χ3v) is 7.93. The predicted octanol–water partition coefficient (Wildman–Crippen LogP) is -12.5. The van der Waals surface area contributed by atoms with Crippen molar-refractivity contribution in [1.29, 1.82) is 0 Å². The average molecular weight is 884 g/mol. The van der Waals surface area contributed by atoms with Crippen LogP contribution in [0.1, 0.15) is 36.0 Å². The minimum absolute atomic E-state index is 0. The molecular formula is C39H41N3Na4O15-2. The second-order valence-corrected chi connectivity index (χ2v) is 12.4. The van der Waals surface area contributed by atoms with Crippen LogP contribution in [0.2, 0.25) is 0 Å². The minimum Gasteiger partial charge on any atom is -0.870 e. The maximum Gasteiger partial charge on any atom is 1.00 e. The number of carbonyl (C=O) groups excluding carboxylic acids is 8. The predicted molar refractivity (Wildman–Crippen MR) is 191 cm³/mol. The van der Waals surface area contributed by atoms with E-state index < -0.39 is 98.6 Å². The van der Waals surface area contributed by atoms with Gasteiger partial charge in [-0.25, -0.2) is 22.2 Å². The van der Waals surface area contributed by atoms with Gasteiger partial charge in [-0.05, 0) is 42.4 Å². The van der Waals surface area contributed by atoms with Crippen LogP contribution in [-0.2, 0) is 62.2 Å². The fourth-order valence-corrected chi connectivity index (χ4v) is 5.14. The molecule has 61 heavy (non-hydrogen) atoms. The first-order chi connectivity index (χ1) is 26.4. The van der Waals surface area contributed by atoms with Gasteiger partial charge in [0.15, 0.2) is 0 Å². The number of carbonyl (C=O) groups is 6. The Morgan fingerprint density at radius 3 is 1.31 bits per heavy atom. The van der Waals surface area contributed by atoms with E-state index in [1.54, 1.807) is 104 Å². The summed E-state index contributed by atoms with van der Waals surface area (Å²) in [5.74, 6) is -6.54. The first-order valence-corrected chi connectivity index (χ1v) is 17.0. The topological polar surface area (TPSA) is 306 Å². The molecule has 5 N–H and O–H groups in total. The van der Waals surface area contributed by atoms with E-state index in [9.17, 15) is 48.6 Å². The molecule has 0 fully saturated rings. The fourth-order valence-electron chi connectivity index (χ4n) is 5.14. The maximum absolute atomic E-state index is 13.0. The van der Waals surface area contributed by atoms with Crippen LogP contribution in [0.4, 0.5) is 9.59 Å². The number of rotatable bonds is 23. The van der Waals surface area contributed by atoms with Gasteiger partial charge in [-0.2, -0.15) is 0 Å². The van der Waals surface area contributed by atoms with Gasteiger partial charge in [0.1, 0.15) is 25.4 Å². The van der Waals surface area contributed by atoms with Crippen LogP contribution < -0.4 is 144 Å². The quantitative estimate of drug-likeness (QED) is 0.0345. The molecule has 0 aliphatic carbocycles. The SMILES string of the molecule is O=[C-]C(Cc1ccccc1)NC(=O)OCC(COC(=O)CC(Cc1ccccc1)C(=O)[O-])(COC(=O)NC([C-]=O)Cc1ccccc1)NC(=O)CCC(=O)[O-].[Na+].[Na+].[Na+].[Na+].[OH-].[OH-]. The molecule has 3 aromatic rings. The molecule has 18 nitrogen and oxygen atoms in total. The summed E-state index contributed by atoms with van der Waals surface area (Å²) in [6, 6.07) is 23.2. The zero-order valence-corrected chi connectivity index (χ0v) is 42.5. The van der Waals surface area contributed by atoms with Gasteiger partial charge < -0.3 is 70.5 Å². The van der Waals surface area contributed by atoms with Crippen LogP contribution in [0, 0.1) is 5.92 Å². The van der Waals surface area contributed by atoms with Crippen LogP contribution in [0.15, 0.2) is 91.0 Å². The molecule has 0 aliphatic heterocycles. The number of esters is 1. The monoisotopic (exact) mass is 883 g/mol. The molecular weight excluding hydrogens is 842 g/mol. The van der Waals surface area contributed by atoms with Crippen molar-refractivity contribution in [1.82, 2.24) is 16.0 Å². The van der Waals surface area contributed by atoms with Crippen LogP contribution in [-0.4, -0.2) is 97.0 Å². The van der Waals surface area contributed by atoms with Crippen LogP contribution in [0.3, 0.4) is 0 Å². The first-order valence-electron chi connectivity index (χ1n) is 17.0. The van der Waals surface area contributed by atoms with Gasteiger partial charge in [0.25, 0.3) is 0 Å². The number of nitrogens with one attached hydrogen (secondary N) is 3. The summed E-state index contributed by atoms with van der Waals surface area (Å²) < 4.78 is 16.0. The number of amides is 3. The van der Waals surface area contributed by atoms with Gasteiger partial charge in [0.2, 0.25) is 5.91 Å². The molecule has 3 atom stereocenters. The van der Waals surface area contributed by atoms with E-state index in [2.05, 4.69) is 16.0 Å². The third-order valence-electron chi connectivity index (χ3n) is 7.93. The summed E-state index contributed by atoms with van der Waals surface area (Å²) in [6.45, 7) is -2.72. The molecule has 0 saturated heterocycles. The summed E-state index contributed by atoms with van der Waals surface area (Å²) >= 11 is 0. The maximum atomic E-state index is 13.0. The second kappa shape index (κ2) is 35.8. The van der Waals surface area contributed by atoms with Crippen molar-refractivity contribution in [3.8, 4) is 0 Å². The zero-order valence-electron chi connectivity index (χ0n) is 34.5. The van der Waals surface area contributed by atoms with E-state index >= 15 is 0 Å². The molecule has 0 aliphatic rings. The molecule has 22 heteroatoms. The molecule has 3 aromatic carbocycles. The van der Waals surface area contributed by atoms with Gasteiger partial charge in [0.05, 0.1) is 6.42 Å². The van der Waals surface area contributed by atoms with Gasteiger partial charge in [-0.1, -0.05) is 103 Å². The van der Waals surface area contributed by atoms with Gasteiger partial charge in [0, 0.05) is 24.3 Å². The number of carboxylic acid groups (broad SMARTS) is 2. The molecule has 0 radical (unpaired) electrons. The van der Waals surface area contributed by atoms with E-state index in [0.29, 0.717) is 16.7 Å². The van der Waals surface area contributed by atoms with E-state index in [0.717, 1.165) is 0 Å². The summed E-state index contributed by atoms with van der Waals surface area (Å²) in [4.78, 5) is 98.2. The van der Waals surface area contributed by atoms with Gasteiger partial charge in [-0.3, -0.25) is 9.59 Å². The number of benzene rings is 3. The molecule has 308 valence electrons. The standard InChI is InChI=1S/C39H41N3O13.4Na.2H2O/c43-22-31(19-28-12-6-2-7-13-28)40-37(51)54-25-39(42-33(45)16-17-34(46)47,26-55-38(52)41-32(23-44)20-29-14-8-3-9-15-29)24-53-35(48)21-30(36(49)50)18-27-10-4-1-5-11-27;;;;;;/h1-15,30-32H,16-21,24-26H2,(H,40,51)(H,41,52)(H,42,45)(H,46,47)(H,49,50);;;;;2*1H2/q-2;4*+1;;/p-4. The van der Waals surface area contributed by atoms with E-state index in [1.165, 1.54) is 0 Å². The number of hydrogen-bond donors (Lipinski definition) is 3. The molecule has 0 heterocycles. The van der Waals surface area contributed by atoms with Crippen molar-refractivity contribution in [2.24, 2.45) is 5.92 Å². The number of ether oxygens (including phenoxy) is 3. The van der Waals surface area contributed by atoms with Crippen molar-refractivity contribution in [2.75, 3.05) is 19.8 Å². The summed E-state index contributed by atoms with van der Waals surface area (Å²) in [6.07, 6.45) is -1.18. The largest absolute Gasteiger partial charge is 1.00 e. The summed E-state index contributed by atoms with van der Waals surface area (Å²) in [7, 11) is 0. The molecule has 0 bridgehead atoms. The van der Waals surface area contributed by atoms with E-state index in [-0.39, 0.29) is 148 Å². The van der Waals surface area contributed by atoms with Crippen LogP contribution in [0.25, 0.3) is 0 Å². The molecule has 3 unspecified atom stereocenters. The minimum atomic E-state index is -2.14. The van der Waals surface area contributed by atoms with Crippen molar-refractivity contribution in [2.45, 2.75) is 56.1 Å². The van der Waals surface area contributed by atoms with Crippen LogP contribution >= 0.6 is 0 Å². The van der Waals surface area contributed by atoms with Crippen molar-refractivity contribution >= 4 is 48.6 Å². The smallest absolute Gasteiger partial charge is 0.870 e. The Morgan fingerprint density at radius 1 is 0.574 bits per heavy atom. The van der Waals surface area contributed by atoms with Gasteiger partial charge in [-0.15, -0.1) is 0 Å². The number of hydrogen-bond acceptors (Lipinski definition) is 15. The zero-order chi connectivity index (χ0) is 40.1. The third kappa shape index (κ3) is 26.5. The Labute approximate surface area is 441 Å². The molecule has 3 amide bonds. The van der Waals surface area contributed by atoms with Crippen molar-refractivity contribution in [3.05, 3.63) is 108 Å². The average Bonchev–Trinajstić information content (AvgIpc) is 3.18. The molecule has 0 saturated carbocycles. The fraction of sp³-hybridized carbons (Fsp3) is 0.333. The van der Waals surface area contributed by atoms with Crippen molar-refractivity contribution < 1.29 is 192 Å². The molecule has 0 aromatic heterocycles. The Hall–Kier alpha value is -2.66. The molecule has 3 rings (SSSR count). The van der Waals surface area contributed by atoms with Gasteiger partial charge >= 0.3 is 136 Å². The number of carboxylic acids is 2. The summed E-state index contributed by atoms with van der Waals surface area (Å²) in [5.41, 5.74) is -0.188. The Bertz CT molecular complexity index is 1690. The Morgan fingerprint density at radius 2 is 0.951 bits per heavy atom. The summed E-state index contributed by atoms with van der Waals surface area (Å²) in [5, 5.41) is 30.0. The van der Waals surface area contributed by atoms with Crippen molar-refractivity contribution in [3.63, 3.8) is 0 Å². The second-order valence-electron chi connectivity index (χ2n) is 12.4. The Kier molecular flexibility index (Phi) is 38.1. The molecule has 0 spiro atoms. The normalized spacial score (nSPS) is 12.0.